The number of hydrogen-bond acceptors (Lipinski definition) is 2. The van der Waals surface area contributed by atoms with Crippen LogP contribution in [0.25, 0.3) is 0 Å². The zero-order chi connectivity index (χ0) is 11.3. The molecule has 15 heavy (non-hydrogen) atoms. The van der Waals surface area contributed by atoms with Crippen LogP contribution in [0.5, 0.6) is 5.75 Å². The highest BCUT2D eigenvalue weighted by atomic mass is 35.5. The van der Waals surface area contributed by atoms with Crippen LogP contribution in [-0.4, -0.2) is 17.7 Å². The van der Waals surface area contributed by atoms with Crippen LogP contribution in [0.2, 0.25) is 5.02 Å². The molecule has 0 atom stereocenters. The summed E-state index contributed by atoms with van der Waals surface area (Å²) in [4.78, 5) is 10.4. The topological polar surface area (TPSA) is 46.5 Å². The van der Waals surface area contributed by atoms with E-state index < -0.39 is 12.6 Å². The number of carboxylic acids is 1. The van der Waals surface area contributed by atoms with Gasteiger partial charge in [0.15, 0.2) is 6.61 Å². The Morgan fingerprint density at radius 1 is 1.60 bits per heavy atom. The first-order valence-corrected chi connectivity index (χ1v) is 4.76. The number of aliphatic carboxylic acids is 1. The summed E-state index contributed by atoms with van der Waals surface area (Å²) in [5.41, 5.74) is 0.832. The molecule has 0 spiro atoms. The second kappa shape index (κ2) is 5.41. The highest BCUT2D eigenvalue weighted by Gasteiger charge is 2.08. The summed E-state index contributed by atoms with van der Waals surface area (Å²) in [5.74, 6) is -0.610. The Bertz CT molecular complexity index is 374. The van der Waals surface area contributed by atoms with E-state index in [2.05, 4.69) is 6.58 Å². The molecule has 0 saturated carbocycles. The molecule has 0 aliphatic heterocycles. The summed E-state index contributed by atoms with van der Waals surface area (Å²) in [7, 11) is 0. The average Bonchev–Trinajstić information content (AvgIpc) is 2.17. The lowest BCUT2D eigenvalue weighted by molar-refractivity contribution is -0.139. The summed E-state index contributed by atoms with van der Waals surface area (Å²) in [6.45, 7) is 3.21. The second-order valence-corrected chi connectivity index (χ2v) is 3.31. The molecule has 1 aromatic rings. The van der Waals surface area contributed by atoms with Gasteiger partial charge in [0.05, 0.1) is 5.02 Å². The van der Waals surface area contributed by atoms with Crippen molar-refractivity contribution in [2.45, 2.75) is 6.42 Å². The van der Waals surface area contributed by atoms with Crippen molar-refractivity contribution >= 4 is 17.6 Å². The lowest BCUT2D eigenvalue weighted by atomic mass is 10.1. The molecule has 0 amide bonds. The van der Waals surface area contributed by atoms with Gasteiger partial charge < -0.3 is 9.84 Å². The first kappa shape index (κ1) is 11.6. The predicted molar refractivity (Wildman–Crippen MR) is 58.5 cm³/mol. The van der Waals surface area contributed by atoms with Gasteiger partial charge in [-0.2, -0.15) is 0 Å². The summed E-state index contributed by atoms with van der Waals surface area (Å²) in [6.07, 6.45) is 2.30. The van der Waals surface area contributed by atoms with Crippen LogP contribution in [-0.2, 0) is 11.2 Å². The Kier molecular flexibility index (Phi) is 4.18. The Hall–Kier alpha value is -1.48. The minimum atomic E-state index is -1.03. The molecule has 0 radical (unpaired) electrons. The van der Waals surface area contributed by atoms with Crippen molar-refractivity contribution in [1.82, 2.24) is 0 Å². The normalized spacial score (nSPS) is 9.67. The van der Waals surface area contributed by atoms with Crippen LogP contribution < -0.4 is 4.74 Å². The van der Waals surface area contributed by atoms with Gasteiger partial charge in [-0.3, -0.25) is 0 Å². The highest BCUT2D eigenvalue weighted by molar-refractivity contribution is 6.32. The van der Waals surface area contributed by atoms with Crippen molar-refractivity contribution in [3.05, 3.63) is 41.4 Å². The predicted octanol–water partition coefficient (Wildman–Crippen LogP) is 2.53. The van der Waals surface area contributed by atoms with Crippen LogP contribution in [0.15, 0.2) is 30.9 Å². The molecule has 1 rings (SSSR count). The molecule has 0 heterocycles. The van der Waals surface area contributed by atoms with Crippen LogP contribution in [0.4, 0.5) is 0 Å². The minimum Gasteiger partial charge on any atom is -0.480 e. The van der Waals surface area contributed by atoms with E-state index in [-0.39, 0.29) is 0 Å². The van der Waals surface area contributed by atoms with E-state index in [1.807, 2.05) is 6.07 Å². The molecule has 0 saturated heterocycles. The average molecular weight is 227 g/mol. The van der Waals surface area contributed by atoms with Crippen molar-refractivity contribution in [2.24, 2.45) is 0 Å². The fraction of sp³-hybridized carbons (Fsp3) is 0.182. The molecule has 1 aromatic carbocycles. The van der Waals surface area contributed by atoms with Crippen molar-refractivity contribution in [1.29, 1.82) is 0 Å². The Balaban J connectivity index is 2.90. The van der Waals surface area contributed by atoms with E-state index in [4.69, 9.17) is 21.4 Å². The number of rotatable bonds is 5. The fourth-order valence-corrected chi connectivity index (χ4v) is 1.41. The highest BCUT2D eigenvalue weighted by Crippen LogP contribution is 2.29. The first-order chi connectivity index (χ1) is 7.15. The molecular formula is C11H11ClO3. The Morgan fingerprint density at radius 3 is 2.93 bits per heavy atom. The molecule has 3 nitrogen and oxygen atoms in total. The van der Waals surface area contributed by atoms with Crippen LogP contribution in [0, 0.1) is 0 Å². The van der Waals surface area contributed by atoms with E-state index in [1.165, 1.54) is 0 Å². The number of para-hydroxylation sites is 1. The largest absolute Gasteiger partial charge is 0.480 e. The molecule has 0 fully saturated rings. The Labute approximate surface area is 92.9 Å². The molecule has 80 valence electrons. The molecule has 0 aliphatic carbocycles. The molecule has 4 heteroatoms. The molecule has 0 aromatic heterocycles. The molecule has 0 unspecified atom stereocenters. The maximum Gasteiger partial charge on any atom is 0.341 e. The number of halogens is 1. The summed E-state index contributed by atoms with van der Waals surface area (Å²) < 4.78 is 5.10. The lowest BCUT2D eigenvalue weighted by Gasteiger charge is -2.10. The van der Waals surface area contributed by atoms with Crippen LogP contribution in [0.3, 0.4) is 0 Å². The van der Waals surface area contributed by atoms with Gasteiger partial charge in [-0.25, -0.2) is 4.79 Å². The zero-order valence-electron chi connectivity index (χ0n) is 8.07. The maximum atomic E-state index is 10.4. The van der Waals surface area contributed by atoms with Crippen molar-refractivity contribution in [3.8, 4) is 5.75 Å². The number of benzene rings is 1. The van der Waals surface area contributed by atoms with Crippen molar-refractivity contribution in [3.63, 3.8) is 0 Å². The van der Waals surface area contributed by atoms with Crippen molar-refractivity contribution < 1.29 is 14.6 Å². The first-order valence-electron chi connectivity index (χ1n) is 4.38. The van der Waals surface area contributed by atoms with Gasteiger partial charge in [-0.05, 0) is 18.1 Å². The third kappa shape index (κ3) is 3.29. The van der Waals surface area contributed by atoms with Gasteiger partial charge in [0.1, 0.15) is 5.75 Å². The fourth-order valence-electron chi connectivity index (χ4n) is 1.17. The number of carbonyl (C=O) groups is 1. The van der Waals surface area contributed by atoms with Gasteiger partial charge in [0.2, 0.25) is 0 Å². The minimum absolute atomic E-state index is 0.395. The van der Waals surface area contributed by atoms with Gasteiger partial charge in [-0.15, -0.1) is 6.58 Å². The number of ether oxygens (including phenoxy) is 1. The van der Waals surface area contributed by atoms with E-state index in [0.717, 1.165) is 5.56 Å². The smallest absolute Gasteiger partial charge is 0.341 e. The summed E-state index contributed by atoms with van der Waals surface area (Å²) >= 11 is 5.90. The third-order valence-corrected chi connectivity index (χ3v) is 2.05. The Morgan fingerprint density at radius 2 is 2.33 bits per heavy atom. The molecule has 1 N–H and O–H groups in total. The third-order valence-electron chi connectivity index (χ3n) is 1.75. The van der Waals surface area contributed by atoms with Crippen LogP contribution >= 0.6 is 11.6 Å². The van der Waals surface area contributed by atoms with Crippen molar-refractivity contribution in [2.75, 3.05) is 6.61 Å². The van der Waals surface area contributed by atoms with E-state index in [0.29, 0.717) is 17.2 Å². The summed E-state index contributed by atoms with van der Waals surface area (Å²) in [6, 6.07) is 5.27. The summed E-state index contributed by atoms with van der Waals surface area (Å²) in [5, 5.41) is 8.91. The lowest BCUT2D eigenvalue weighted by Crippen LogP contribution is -2.10. The number of allylic oxidation sites excluding steroid dienone is 1. The molecule has 0 bridgehead atoms. The van der Waals surface area contributed by atoms with Gasteiger partial charge >= 0.3 is 5.97 Å². The van der Waals surface area contributed by atoms with E-state index in [9.17, 15) is 4.79 Å². The monoisotopic (exact) mass is 226 g/mol. The van der Waals surface area contributed by atoms with E-state index >= 15 is 0 Å². The number of carboxylic acid groups (broad SMARTS) is 1. The second-order valence-electron chi connectivity index (χ2n) is 2.90. The zero-order valence-corrected chi connectivity index (χ0v) is 8.83. The molecule has 0 aliphatic rings. The maximum absolute atomic E-state index is 10.4. The van der Waals surface area contributed by atoms with E-state index in [1.54, 1.807) is 18.2 Å². The quantitative estimate of drug-likeness (QED) is 0.785. The standard InChI is InChI=1S/C11H11ClO3/c1-2-4-8-5-3-6-9(12)11(8)15-7-10(13)14/h2-3,5-6H,1,4,7H2,(H,13,14). The van der Waals surface area contributed by atoms with Crippen LogP contribution in [0.1, 0.15) is 5.56 Å². The SMILES string of the molecule is C=CCc1cccc(Cl)c1OCC(=O)O. The van der Waals surface area contributed by atoms with Gasteiger partial charge in [0.25, 0.3) is 0 Å². The number of hydrogen-bond donors (Lipinski definition) is 1. The molecular weight excluding hydrogens is 216 g/mol. The van der Waals surface area contributed by atoms with Gasteiger partial charge in [-0.1, -0.05) is 29.8 Å². The van der Waals surface area contributed by atoms with Gasteiger partial charge in [0, 0.05) is 0 Å².